The van der Waals surface area contributed by atoms with E-state index in [4.69, 9.17) is 4.98 Å². The third-order valence-corrected chi connectivity index (χ3v) is 7.22. The number of nitrogens with zero attached hydrogens (tertiary/aromatic N) is 3. The number of piperidine rings is 1. The average molecular weight is 452 g/mol. The Balaban J connectivity index is 1.66. The van der Waals surface area contributed by atoms with E-state index in [0.717, 1.165) is 59.7 Å². The van der Waals surface area contributed by atoms with Gasteiger partial charge in [-0.25, -0.2) is 4.98 Å². The van der Waals surface area contributed by atoms with Crippen LogP contribution >= 0.6 is 0 Å². The topological polar surface area (TPSA) is 38.1 Å². The monoisotopic (exact) mass is 451 g/mol. The molecule has 0 bridgehead atoms. The van der Waals surface area contributed by atoms with Crippen molar-refractivity contribution in [2.75, 3.05) is 19.6 Å². The van der Waals surface area contributed by atoms with Crippen LogP contribution in [0.3, 0.4) is 0 Å². The van der Waals surface area contributed by atoms with Gasteiger partial charge in [-0.1, -0.05) is 67.1 Å². The maximum Gasteiger partial charge on any atom is 0.261 e. The Morgan fingerprint density at radius 3 is 2.50 bits per heavy atom. The molecule has 0 spiro atoms. The Hall–Kier alpha value is -3.24. The molecule has 3 aromatic carbocycles. The van der Waals surface area contributed by atoms with Crippen LogP contribution in [0.15, 0.2) is 71.5 Å². The van der Waals surface area contributed by atoms with Crippen molar-refractivity contribution in [2.24, 2.45) is 5.92 Å². The van der Waals surface area contributed by atoms with Crippen molar-refractivity contribution in [2.45, 2.75) is 40.2 Å². The molecule has 2 heterocycles. The number of likely N-dealkylation sites (tertiary alicyclic amines) is 1. The summed E-state index contributed by atoms with van der Waals surface area (Å²) >= 11 is 0. The first-order chi connectivity index (χ1) is 16.5. The van der Waals surface area contributed by atoms with Gasteiger partial charge >= 0.3 is 0 Å². The molecule has 0 aliphatic carbocycles. The zero-order valence-corrected chi connectivity index (χ0v) is 20.4. The highest BCUT2D eigenvalue weighted by atomic mass is 16.1. The fourth-order valence-electron chi connectivity index (χ4n) is 5.19. The van der Waals surface area contributed by atoms with E-state index in [1.165, 1.54) is 12.0 Å². The highest BCUT2D eigenvalue weighted by Gasteiger charge is 2.23. The van der Waals surface area contributed by atoms with Gasteiger partial charge in [0.2, 0.25) is 0 Å². The minimum absolute atomic E-state index is 0.0610. The molecule has 1 fully saturated rings. The maximum atomic E-state index is 14.0. The van der Waals surface area contributed by atoms with Gasteiger partial charge in [0.1, 0.15) is 5.82 Å². The Labute approximate surface area is 201 Å². The van der Waals surface area contributed by atoms with Gasteiger partial charge in [-0.05, 0) is 74.5 Å². The second-order valence-electron chi connectivity index (χ2n) is 9.67. The highest BCUT2D eigenvalue weighted by Crippen LogP contribution is 2.27. The summed E-state index contributed by atoms with van der Waals surface area (Å²) in [7, 11) is 0. The van der Waals surface area contributed by atoms with Crippen molar-refractivity contribution < 1.29 is 0 Å². The largest absolute Gasteiger partial charge is 0.303 e. The van der Waals surface area contributed by atoms with E-state index < -0.39 is 0 Å². The number of aromatic nitrogens is 2. The Morgan fingerprint density at radius 2 is 1.74 bits per heavy atom. The van der Waals surface area contributed by atoms with Crippen LogP contribution in [-0.4, -0.2) is 34.1 Å². The molecule has 0 amide bonds. The lowest BCUT2D eigenvalue weighted by molar-refractivity contribution is 0.169. The van der Waals surface area contributed by atoms with Crippen molar-refractivity contribution in [1.82, 2.24) is 14.5 Å². The second-order valence-corrected chi connectivity index (χ2v) is 9.67. The SMILES string of the molecule is CCN1CCC[C@@H](Cn2c(-c3ccccc3C)nc3ccc(-c4ccc(C)cc4)cc3c2=O)C1. The first kappa shape index (κ1) is 22.5. The van der Waals surface area contributed by atoms with Crippen molar-refractivity contribution in [3.05, 3.63) is 88.2 Å². The van der Waals surface area contributed by atoms with Crippen LogP contribution in [-0.2, 0) is 6.54 Å². The van der Waals surface area contributed by atoms with E-state index in [9.17, 15) is 4.79 Å². The molecule has 34 heavy (non-hydrogen) atoms. The minimum Gasteiger partial charge on any atom is -0.303 e. The fraction of sp³-hybridized carbons (Fsp3) is 0.333. The van der Waals surface area contributed by atoms with E-state index >= 15 is 0 Å². The van der Waals surface area contributed by atoms with Gasteiger partial charge in [0, 0.05) is 18.7 Å². The number of aryl methyl sites for hydroxylation is 2. The number of fused-ring (bicyclic) bond motifs is 1. The number of rotatable bonds is 5. The van der Waals surface area contributed by atoms with E-state index in [1.807, 2.05) is 28.8 Å². The predicted octanol–water partition coefficient (Wildman–Crippen LogP) is 6.08. The Morgan fingerprint density at radius 1 is 0.971 bits per heavy atom. The van der Waals surface area contributed by atoms with Crippen LogP contribution in [0.4, 0.5) is 0 Å². The Bertz CT molecular complexity index is 1370. The van der Waals surface area contributed by atoms with Crippen LogP contribution < -0.4 is 5.56 Å². The molecule has 0 saturated carbocycles. The van der Waals surface area contributed by atoms with E-state index in [1.54, 1.807) is 0 Å². The van der Waals surface area contributed by atoms with Gasteiger partial charge in [-0.3, -0.25) is 9.36 Å². The smallest absolute Gasteiger partial charge is 0.261 e. The van der Waals surface area contributed by atoms with Crippen molar-refractivity contribution in [1.29, 1.82) is 0 Å². The van der Waals surface area contributed by atoms with Gasteiger partial charge in [0.25, 0.3) is 5.56 Å². The predicted molar refractivity (Wildman–Crippen MR) is 141 cm³/mol. The standard InChI is InChI=1S/C30H33N3O/c1-4-32-17-7-9-23(19-32)20-33-29(26-10-6-5-8-22(26)3)31-28-16-15-25(18-27(28)30(33)34)24-13-11-21(2)12-14-24/h5-6,8,10-16,18,23H,4,7,9,17,19-20H2,1-3H3/t23-/m1/s1. The summed E-state index contributed by atoms with van der Waals surface area (Å²) in [6.45, 7) is 10.4. The van der Waals surface area contributed by atoms with Gasteiger partial charge < -0.3 is 4.90 Å². The van der Waals surface area contributed by atoms with Crippen LogP contribution in [0.25, 0.3) is 33.4 Å². The molecule has 1 atom stereocenters. The molecule has 4 aromatic rings. The molecule has 0 N–H and O–H groups in total. The lowest BCUT2D eigenvalue weighted by Gasteiger charge is -2.32. The number of hydrogen-bond acceptors (Lipinski definition) is 3. The Kier molecular flexibility index (Phi) is 6.34. The molecule has 1 aliphatic rings. The summed E-state index contributed by atoms with van der Waals surface area (Å²) in [5, 5.41) is 0.693. The third-order valence-electron chi connectivity index (χ3n) is 7.22. The van der Waals surface area contributed by atoms with Crippen LogP contribution in [0, 0.1) is 19.8 Å². The van der Waals surface area contributed by atoms with Crippen LogP contribution in [0.1, 0.15) is 30.9 Å². The van der Waals surface area contributed by atoms with E-state index in [0.29, 0.717) is 17.8 Å². The minimum atomic E-state index is 0.0610. The van der Waals surface area contributed by atoms with Crippen molar-refractivity contribution in [3.8, 4) is 22.5 Å². The molecule has 4 nitrogen and oxygen atoms in total. The zero-order valence-electron chi connectivity index (χ0n) is 20.4. The first-order valence-corrected chi connectivity index (χ1v) is 12.4. The molecule has 0 radical (unpaired) electrons. The summed E-state index contributed by atoms with van der Waals surface area (Å²) in [5.41, 5.74) is 6.39. The van der Waals surface area contributed by atoms with Crippen molar-refractivity contribution >= 4 is 10.9 Å². The van der Waals surface area contributed by atoms with Gasteiger partial charge in [-0.2, -0.15) is 0 Å². The summed E-state index contributed by atoms with van der Waals surface area (Å²) in [6.07, 6.45) is 2.34. The number of hydrogen-bond donors (Lipinski definition) is 0. The van der Waals surface area contributed by atoms with Gasteiger partial charge in [-0.15, -0.1) is 0 Å². The summed E-state index contributed by atoms with van der Waals surface area (Å²) in [4.78, 5) is 21.6. The average Bonchev–Trinajstić information content (AvgIpc) is 2.86. The lowest BCUT2D eigenvalue weighted by atomic mass is 9.97. The lowest BCUT2D eigenvalue weighted by Crippen LogP contribution is -2.38. The maximum absolute atomic E-state index is 14.0. The summed E-state index contributed by atoms with van der Waals surface area (Å²) in [6, 6.07) is 22.8. The summed E-state index contributed by atoms with van der Waals surface area (Å²) < 4.78 is 1.95. The van der Waals surface area contributed by atoms with Crippen LogP contribution in [0.2, 0.25) is 0 Å². The summed E-state index contributed by atoms with van der Waals surface area (Å²) in [5.74, 6) is 1.24. The molecule has 174 valence electrons. The molecular formula is C30H33N3O. The molecule has 1 aliphatic heterocycles. The molecular weight excluding hydrogens is 418 g/mol. The normalized spacial score (nSPS) is 16.7. The third kappa shape index (κ3) is 4.43. The van der Waals surface area contributed by atoms with Crippen molar-refractivity contribution in [3.63, 3.8) is 0 Å². The fourth-order valence-corrected chi connectivity index (χ4v) is 5.19. The van der Waals surface area contributed by atoms with Gasteiger partial charge in [0.05, 0.1) is 10.9 Å². The van der Waals surface area contributed by atoms with E-state index in [-0.39, 0.29) is 5.56 Å². The molecule has 4 heteroatoms. The highest BCUT2D eigenvalue weighted by molar-refractivity contribution is 5.85. The molecule has 1 saturated heterocycles. The molecule has 1 aromatic heterocycles. The zero-order chi connectivity index (χ0) is 23.7. The first-order valence-electron chi connectivity index (χ1n) is 12.4. The van der Waals surface area contributed by atoms with Crippen LogP contribution in [0.5, 0.6) is 0 Å². The second kappa shape index (κ2) is 9.55. The van der Waals surface area contributed by atoms with E-state index in [2.05, 4.69) is 68.1 Å². The number of benzene rings is 3. The molecule has 0 unspecified atom stereocenters. The quantitative estimate of drug-likeness (QED) is 0.369. The molecule has 5 rings (SSSR count). The van der Waals surface area contributed by atoms with Gasteiger partial charge in [0.15, 0.2) is 0 Å².